The summed E-state index contributed by atoms with van der Waals surface area (Å²) in [5.74, 6) is 1.53. The lowest BCUT2D eigenvalue weighted by atomic mass is 9.92. The SMILES string of the molecule is CCN(C)C(C(C)C)C(C)C. The zero-order chi connectivity index (χ0) is 9.02. The second kappa shape index (κ2) is 4.76. The maximum absolute atomic E-state index is 2.44. The van der Waals surface area contributed by atoms with Crippen LogP contribution in [-0.2, 0) is 0 Å². The smallest absolute Gasteiger partial charge is 0.0138 e. The van der Waals surface area contributed by atoms with Gasteiger partial charge in [-0.3, -0.25) is 0 Å². The standard InChI is InChI=1S/C10H23N/c1-7-11(6)10(8(2)3)9(4)5/h8-10H,7H2,1-6H3. The molecule has 0 saturated heterocycles. The first kappa shape index (κ1) is 11.0. The summed E-state index contributed by atoms with van der Waals surface area (Å²) < 4.78 is 0. The number of rotatable bonds is 4. The highest BCUT2D eigenvalue weighted by Gasteiger charge is 2.20. The summed E-state index contributed by atoms with van der Waals surface area (Å²) in [5.41, 5.74) is 0. The number of nitrogens with zero attached hydrogens (tertiary/aromatic N) is 1. The van der Waals surface area contributed by atoms with Gasteiger partial charge in [-0.25, -0.2) is 0 Å². The lowest BCUT2D eigenvalue weighted by Gasteiger charge is -2.33. The van der Waals surface area contributed by atoms with Crippen LogP contribution >= 0.6 is 0 Å². The van der Waals surface area contributed by atoms with Crippen LogP contribution in [0.5, 0.6) is 0 Å². The van der Waals surface area contributed by atoms with Crippen LogP contribution in [0.2, 0.25) is 0 Å². The molecule has 0 N–H and O–H groups in total. The molecule has 68 valence electrons. The molecule has 0 atom stereocenters. The van der Waals surface area contributed by atoms with E-state index in [2.05, 4.69) is 46.6 Å². The van der Waals surface area contributed by atoms with Crippen LogP contribution in [0.3, 0.4) is 0 Å². The van der Waals surface area contributed by atoms with E-state index in [-0.39, 0.29) is 0 Å². The van der Waals surface area contributed by atoms with E-state index >= 15 is 0 Å². The fourth-order valence-corrected chi connectivity index (χ4v) is 2.00. The molecule has 0 aliphatic rings. The van der Waals surface area contributed by atoms with Gasteiger partial charge in [-0.1, -0.05) is 34.6 Å². The van der Waals surface area contributed by atoms with E-state index in [1.807, 2.05) is 0 Å². The Balaban J connectivity index is 4.09. The molecule has 0 unspecified atom stereocenters. The minimum Gasteiger partial charge on any atom is -0.303 e. The highest BCUT2D eigenvalue weighted by atomic mass is 15.1. The van der Waals surface area contributed by atoms with Crippen molar-refractivity contribution >= 4 is 0 Å². The molecular weight excluding hydrogens is 134 g/mol. The van der Waals surface area contributed by atoms with E-state index in [0.29, 0.717) is 0 Å². The summed E-state index contributed by atoms with van der Waals surface area (Å²) in [4.78, 5) is 2.44. The Morgan fingerprint density at radius 1 is 1.00 bits per heavy atom. The van der Waals surface area contributed by atoms with Crippen LogP contribution in [-0.4, -0.2) is 24.5 Å². The van der Waals surface area contributed by atoms with Gasteiger partial charge < -0.3 is 4.90 Å². The molecule has 1 nitrogen and oxygen atoms in total. The zero-order valence-electron chi connectivity index (χ0n) is 8.89. The van der Waals surface area contributed by atoms with Crippen molar-refractivity contribution in [2.45, 2.75) is 40.7 Å². The fraction of sp³-hybridized carbons (Fsp3) is 1.00. The lowest BCUT2D eigenvalue weighted by Crippen LogP contribution is -2.39. The van der Waals surface area contributed by atoms with E-state index < -0.39 is 0 Å². The van der Waals surface area contributed by atoms with E-state index in [9.17, 15) is 0 Å². The molecule has 0 spiro atoms. The van der Waals surface area contributed by atoms with Crippen molar-refractivity contribution in [3.63, 3.8) is 0 Å². The van der Waals surface area contributed by atoms with Gasteiger partial charge in [0.1, 0.15) is 0 Å². The van der Waals surface area contributed by atoms with Crippen molar-refractivity contribution in [3.8, 4) is 0 Å². The minimum absolute atomic E-state index is 0.736. The molecule has 0 saturated carbocycles. The Kier molecular flexibility index (Phi) is 4.74. The van der Waals surface area contributed by atoms with Gasteiger partial charge in [0, 0.05) is 6.04 Å². The molecular formula is C10H23N. The van der Waals surface area contributed by atoms with Crippen LogP contribution < -0.4 is 0 Å². The minimum atomic E-state index is 0.736. The topological polar surface area (TPSA) is 3.24 Å². The first-order valence-electron chi connectivity index (χ1n) is 4.70. The summed E-state index contributed by atoms with van der Waals surface area (Å²) in [6.45, 7) is 12.6. The Morgan fingerprint density at radius 2 is 1.36 bits per heavy atom. The highest BCUT2D eigenvalue weighted by Crippen LogP contribution is 2.17. The van der Waals surface area contributed by atoms with Gasteiger partial charge in [-0.05, 0) is 25.4 Å². The maximum Gasteiger partial charge on any atom is 0.0138 e. The largest absolute Gasteiger partial charge is 0.303 e. The summed E-state index contributed by atoms with van der Waals surface area (Å²) in [7, 11) is 2.21. The highest BCUT2D eigenvalue weighted by molar-refractivity contribution is 4.74. The van der Waals surface area contributed by atoms with Gasteiger partial charge in [0.05, 0.1) is 0 Å². The first-order valence-corrected chi connectivity index (χ1v) is 4.70. The third kappa shape index (κ3) is 3.24. The molecule has 0 bridgehead atoms. The second-order valence-electron chi connectivity index (χ2n) is 4.05. The van der Waals surface area contributed by atoms with Crippen LogP contribution in [0.4, 0.5) is 0 Å². The molecule has 0 aromatic heterocycles. The molecule has 0 aromatic rings. The molecule has 0 fully saturated rings. The summed E-state index contributed by atoms with van der Waals surface area (Å²) in [6, 6.07) is 0.736. The summed E-state index contributed by atoms with van der Waals surface area (Å²) >= 11 is 0. The molecule has 0 radical (unpaired) electrons. The zero-order valence-corrected chi connectivity index (χ0v) is 8.89. The Hall–Kier alpha value is -0.0400. The predicted octanol–water partition coefficient (Wildman–Crippen LogP) is 2.62. The third-order valence-electron chi connectivity index (χ3n) is 2.37. The molecule has 11 heavy (non-hydrogen) atoms. The summed E-state index contributed by atoms with van der Waals surface area (Å²) in [5, 5.41) is 0. The third-order valence-corrected chi connectivity index (χ3v) is 2.37. The van der Waals surface area contributed by atoms with Gasteiger partial charge >= 0.3 is 0 Å². The molecule has 0 heterocycles. The van der Waals surface area contributed by atoms with E-state index in [1.54, 1.807) is 0 Å². The maximum atomic E-state index is 2.44. The van der Waals surface area contributed by atoms with Crippen LogP contribution in [0.1, 0.15) is 34.6 Å². The number of hydrogen-bond acceptors (Lipinski definition) is 1. The normalized spacial score (nSPS) is 12.5. The Morgan fingerprint density at radius 3 is 1.45 bits per heavy atom. The molecule has 1 heteroatoms. The van der Waals surface area contributed by atoms with E-state index in [4.69, 9.17) is 0 Å². The first-order chi connectivity index (χ1) is 5.00. The van der Waals surface area contributed by atoms with Crippen molar-refractivity contribution in [2.75, 3.05) is 13.6 Å². The second-order valence-corrected chi connectivity index (χ2v) is 4.05. The monoisotopic (exact) mass is 157 g/mol. The average Bonchev–Trinajstić information content (AvgIpc) is 1.85. The van der Waals surface area contributed by atoms with Gasteiger partial charge in [0.25, 0.3) is 0 Å². The van der Waals surface area contributed by atoms with Crippen LogP contribution in [0, 0.1) is 11.8 Å². The molecule has 0 aliphatic heterocycles. The fourth-order valence-electron chi connectivity index (χ4n) is 2.00. The Labute approximate surface area is 71.8 Å². The summed E-state index contributed by atoms with van der Waals surface area (Å²) in [6.07, 6.45) is 0. The van der Waals surface area contributed by atoms with E-state index in [0.717, 1.165) is 24.4 Å². The lowest BCUT2D eigenvalue weighted by molar-refractivity contribution is 0.152. The molecule has 0 rings (SSSR count). The van der Waals surface area contributed by atoms with Crippen molar-refractivity contribution in [1.29, 1.82) is 0 Å². The molecule has 0 amide bonds. The molecule has 0 aliphatic carbocycles. The van der Waals surface area contributed by atoms with Gasteiger partial charge in [0.2, 0.25) is 0 Å². The van der Waals surface area contributed by atoms with E-state index in [1.165, 1.54) is 0 Å². The quantitative estimate of drug-likeness (QED) is 0.606. The predicted molar refractivity (Wildman–Crippen MR) is 51.8 cm³/mol. The molecule has 0 aromatic carbocycles. The van der Waals surface area contributed by atoms with Gasteiger partial charge in [0.15, 0.2) is 0 Å². The average molecular weight is 157 g/mol. The van der Waals surface area contributed by atoms with Gasteiger partial charge in [-0.2, -0.15) is 0 Å². The number of hydrogen-bond donors (Lipinski definition) is 0. The van der Waals surface area contributed by atoms with Crippen molar-refractivity contribution in [1.82, 2.24) is 4.90 Å². The van der Waals surface area contributed by atoms with Crippen LogP contribution in [0.15, 0.2) is 0 Å². The van der Waals surface area contributed by atoms with Crippen molar-refractivity contribution < 1.29 is 0 Å². The van der Waals surface area contributed by atoms with Crippen LogP contribution in [0.25, 0.3) is 0 Å². The Bertz CT molecular complexity index is 89.0. The van der Waals surface area contributed by atoms with Gasteiger partial charge in [-0.15, -0.1) is 0 Å². The van der Waals surface area contributed by atoms with Crippen molar-refractivity contribution in [2.24, 2.45) is 11.8 Å². The van der Waals surface area contributed by atoms with Crippen molar-refractivity contribution in [3.05, 3.63) is 0 Å².